The summed E-state index contributed by atoms with van der Waals surface area (Å²) in [5.41, 5.74) is 6.36. The molecule has 0 amide bonds. The molecular weight excluding hydrogens is 136 g/mol. The van der Waals surface area contributed by atoms with Gasteiger partial charge in [-0.3, -0.25) is 0 Å². The second kappa shape index (κ2) is 2.76. The molecule has 1 saturated carbocycles. The van der Waals surface area contributed by atoms with Gasteiger partial charge in [-0.15, -0.1) is 0 Å². The van der Waals surface area contributed by atoms with E-state index < -0.39 is 0 Å². The van der Waals surface area contributed by atoms with Gasteiger partial charge in [0.15, 0.2) is 0 Å². The molecule has 0 bridgehead atoms. The van der Waals surface area contributed by atoms with Crippen molar-refractivity contribution < 1.29 is 0 Å². The van der Waals surface area contributed by atoms with E-state index >= 15 is 0 Å². The molecule has 1 saturated heterocycles. The van der Waals surface area contributed by atoms with Gasteiger partial charge in [-0.25, -0.2) is 0 Å². The molecule has 2 heteroatoms. The van der Waals surface area contributed by atoms with Crippen molar-refractivity contribution in [2.75, 3.05) is 19.6 Å². The lowest BCUT2D eigenvalue weighted by molar-refractivity contribution is 0.407. The highest BCUT2D eigenvalue weighted by atomic mass is 14.9. The Morgan fingerprint density at radius 2 is 2.27 bits per heavy atom. The summed E-state index contributed by atoms with van der Waals surface area (Å²) < 4.78 is 0. The normalized spacial score (nSPS) is 43.9. The van der Waals surface area contributed by atoms with Crippen molar-refractivity contribution >= 4 is 0 Å². The zero-order chi connectivity index (χ0) is 7.73. The predicted octanol–water partition coefficient (Wildman–Crippen LogP) is 0.725. The molecule has 1 aliphatic carbocycles. The van der Waals surface area contributed by atoms with Crippen LogP contribution in [0.4, 0.5) is 0 Å². The molecule has 2 aliphatic rings. The summed E-state index contributed by atoms with van der Waals surface area (Å²) in [6.07, 6.45) is 5.55. The van der Waals surface area contributed by atoms with E-state index in [2.05, 4.69) is 5.32 Å². The minimum Gasteiger partial charge on any atom is -0.330 e. The fraction of sp³-hybridized carbons (Fsp3) is 1.00. The van der Waals surface area contributed by atoms with Gasteiger partial charge in [-0.1, -0.05) is 0 Å². The molecule has 11 heavy (non-hydrogen) atoms. The van der Waals surface area contributed by atoms with E-state index in [-0.39, 0.29) is 0 Å². The quantitative estimate of drug-likeness (QED) is 0.584. The van der Waals surface area contributed by atoms with Gasteiger partial charge >= 0.3 is 0 Å². The van der Waals surface area contributed by atoms with Crippen LogP contribution >= 0.6 is 0 Å². The van der Waals surface area contributed by atoms with Crippen molar-refractivity contribution in [2.24, 2.45) is 17.1 Å². The third kappa shape index (κ3) is 1.30. The summed E-state index contributed by atoms with van der Waals surface area (Å²) >= 11 is 0. The van der Waals surface area contributed by atoms with Crippen LogP contribution in [0.2, 0.25) is 0 Å². The highest BCUT2D eigenvalue weighted by Gasteiger charge is 2.51. The molecular formula is C9H18N2. The Labute approximate surface area is 68.5 Å². The Morgan fingerprint density at radius 3 is 3.00 bits per heavy atom. The van der Waals surface area contributed by atoms with E-state index in [1.54, 1.807) is 0 Å². The molecule has 0 aromatic rings. The van der Waals surface area contributed by atoms with Gasteiger partial charge in [0.05, 0.1) is 0 Å². The molecule has 0 radical (unpaired) electrons. The van der Waals surface area contributed by atoms with Crippen LogP contribution in [0.15, 0.2) is 0 Å². The molecule has 1 heterocycles. The summed E-state index contributed by atoms with van der Waals surface area (Å²) in [7, 11) is 0. The smallest absolute Gasteiger partial charge is 0.00433 e. The van der Waals surface area contributed by atoms with Crippen molar-refractivity contribution in [1.29, 1.82) is 0 Å². The van der Waals surface area contributed by atoms with Gasteiger partial charge in [0, 0.05) is 0 Å². The van der Waals surface area contributed by atoms with E-state index in [1.807, 2.05) is 0 Å². The molecule has 2 fully saturated rings. The fourth-order valence-electron chi connectivity index (χ4n) is 2.53. The first-order chi connectivity index (χ1) is 5.37. The van der Waals surface area contributed by atoms with E-state index in [9.17, 15) is 0 Å². The summed E-state index contributed by atoms with van der Waals surface area (Å²) in [6, 6.07) is 0. The Kier molecular flexibility index (Phi) is 1.90. The summed E-state index contributed by atoms with van der Waals surface area (Å²) in [6.45, 7) is 3.36. The second-order valence-electron chi connectivity index (χ2n) is 4.10. The van der Waals surface area contributed by atoms with Gasteiger partial charge < -0.3 is 11.1 Å². The maximum Gasteiger partial charge on any atom is -0.00433 e. The van der Waals surface area contributed by atoms with Crippen molar-refractivity contribution in [1.82, 2.24) is 5.32 Å². The van der Waals surface area contributed by atoms with Crippen LogP contribution in [-0.2, 0) is 0 Å². The van der Waals surface area contributed by atoms with Gasteiger partial charge in [0.25, 0.3) is 0 Å². The van der Waals surface area contributed by atoms with Crippen LogP contribution in [0.3, 0.4) is 0 Å². The van der Waals surface area contributed by atoms with Crippen LogP contribution in [0.1, 0.15) is 25.7 Å². The molecule has 2 unspecified atom stereocenters. The molecule has 2 nitrogen and oxygen atoms in total. The van der Waals surface area contributed by atoms with Gasteiger partial charge in [0.2, 0.25) is 0 Å². The zero-order valence-electron chi connectivity index (χ0n) is 7.10. The highest BCUT2D eigenvalue weighted by molar-refractivity contribution is 5.03. The number of nitrogens with one attached hydrogen (secondary N) is 1. The third-order valence-corrected chi connectivity index (χ3v) is 3.47. The average molecular weight is 154 g/mol. The summed E-state index contributed by atoms with van der Waals surface area (Å²) in [4.78, 5) is 0. The van der Waals surface area contributed by atoms with Crippen LogP contribution in [0, 0.1) is 11.3 Å². The van der Waals surface area contributed by atoms with E-state index in [1.165, 1.54) is 38.8 Å². The van der Waals surface area contributed by atoms with Crippen LogP contribution < -0.4 is 11.1 Å². The number of hydrogen-bond acceptors (Lipinski definition) is 2. The Bertz CT molecular complexity index is 136. The minimum absolute atomic E-state index is 0.693. The maximum absolute atomic E-state index is 5.67. The molecule has 64 valence electrons. The molecule has 0 aromatic heterocycles. The lowest BCUT2D eigenvalue weighted by Gasteiger charge is -2.11. The monoisotopic (exact) mass is 154 g/mol. The van der Waals surface area contributed by atoms with Crippen molar-refractivity contribution in [3.63, 3.8) is 0 Å². The third-order valence-electron chi connectivity index (χ3n) is 3.47. The topological polar surface area (TPSA) is 38.0 Å². The largest absolute Gasteiger partial charge is 0.330 e. The predicted molar refractivity (Wildman–Crippen MR) is 46.3 cm³/mol. The Balaban J connectivity index is 1.92. The molecule has 2 rings (SSSR count). The van der Waals surface area contributed by atoms with E-state index in [0.717, 1.165) is 12.5 Å². The average Bonchev–Trinajstić information content (AvgIpc) is 2.76. The van der Waals surface area contributed by atoms with Crippen molar-refractivity contribution in [3.8, 4) is 0 Å². The lowest BCUT2D eigenvalue weighted by Crippen LogP contribution is -2.16. The molecule has 1 aliphatic heterocycles. The Morgan fingerprint density at radius 1 is 1.36 bits per heavy atom. The van der Waals surface area contributed by atoms with Crippen molar-refractivity contribution in [2.45, 2.75) is 25.7 Å². The summed E-state index contributed by atoms with van der Waals surface area (Å²) in [5.74, 6) is 0.863. The molecule has 2 atom stereocenters. The van der Waals surface area contributed by atoms with Crippen LogP contribution in [-0.4, -0.2) is 19.6 Å². The second-order valence-corrected chi connectivity index (χ2v) is 4.10. The standard InChI is InChI=1S/C9H18N2/c10-7-8-6-9(8)2-1-4-11-5-3-9/h8,11H,1-7,10H2. The highest BCUT2D eigenvalue weighted by Crippen LogP contribution is 2.58. The van der Waals surface area contributed by atoms with Gasteiger partial charge in [-0.05, 0) is 56.7 Å². The lowest BCUT2D eigenvalue weighted by atomic mass is 9.94. The molecule has 3 N–H and O–H groups in total. The first-order valence-corrected chi connectivity index (χ1v) is 4.78. The van der Waals surface area contributed by atoms with Gasteiger partial charge in [-0.2, -0.15) is 0 Å². The fourth-order valence-corrected chi connectivity index (χ4v) is 2.53. The molecule has 1 spiro atoms. The first kappa shape index (κ1) is 7.56. The van der Waals surface area contributed by atoms with E-state index in [4.69, 9.17) is 5.73 Å². The zero-order valence-corrected chi connectivity index (χ0v) is 7.10. The first-order valence-electron chi connectivity index (χ1n) is 4.78. The molecule has 0 aromatic carbocycles. The summed E-state index contributed by atoms with van der Waals surface area (Å²) in [5, 5.41) is 3.45. The minimum atomic E-state index is 0.693. The van der Waals surface area contributed by atoms with Crippen LogP contribution in [0.5, 0.6) is 0 Å². The number of hydrogen-bond donors (Lipinski definition) is 2. The van der Waals surface area contributed by atoms with Crippen LogP contribution in [0.25, 0.3) is 0 Å². The van der Waals surface area contributed by atoms with Gasteiger partial charge in [0.1, 0.15) is 0 Å². The number of rotatable bonds is 1. The maximum atomic E-state index is 5.67. The van der Waals surface area contributed by atoms with Crippen molar-refractivity contribution in [3.05, 3.63) is 0 Å². The van der Waals surface area contributed by atoms with E-state index in [0.29, 0.717) is 5.41 Å². The number of nitrogens with two attached hydrogens (primary N) is 1. The Hall–Kier alpha value is -0.0800. The SMILES string of the molecule is NCC1CC12CCCNCC2.